The van der Waals surface area contributed by atoms with Gasteiger partial charge in [0.15, 0.2) is 0 Å². The van der Waals surface area contributed by atoms with Gasteiger partial charge in [-0.05, 0) is 46.4 Å². The van der Waals surface area contributed by atoms with Crippen LogP contribution in [0.3, 0.4) is 0 Å². The van der Waals surface area contributed by atoms with Crippen molar-refractivity contribution in [2.75, 3.05) is 32.8 Å². The lowest BCUT2D eigenvalue weighted by molar-refractivity contribution is -0.143. The van der Waals surface area contributed by atoms with Crippen molar-refractivity contribution in [1.82, 2.24) is 10.2 Å². The predicted molar refractivity (Wildman–Crippen MR) is 71.1 cm³/mol. The molecular weight excluding hydrogens is 216 g/mol. The number of carbonyl (C=O) groups is 1. The standard InChI is InChI=1S/C13H28N2O2/c1-5-15(6-2)10-8-9-14-12(4)11-13(16)17-7-3/h12,14H,5-11H2,1-4H3. The van der Waals surface area contributed by atoms with Crippen LogP contribution in [0.25, 0.3) is 0 Å². The molecule has 0 aromatic carbocycles. The van der Waals surface area contributed by atoms with E-state index < -0.39 is 0 Å². The molecule has 0 aliphatic carbocycles. The van der Waals surface area contributed by atoms with E-state index in [0.717, 1.165) is 32.6 Å². The SMILES string of the molecule is CCOC(=O)CC(C)NCCCN(CC)CC. The van der Waals surface area contributed by atoms with Crippen LogP contribution in [-0.4, -0.2) is 49.7 Å². The molecule has 17 heavy (non-hydrogen) atoms. The molecule has 0 aliphatic heterocycles. The summed E-state index contributed by atoms with van der Waals surface area (Å²) in [5.74, 6) is -0.115. The summed E-state index contributed by atoms with van der Waals surface area (Å²) in [6.45, 7) is 13.0. The van der Waals surface area contributed by atoms with Gasteiger partial charge in [-0.15, -0.1) is 0 Å². The van der Waals surface area contributed by atoms with E-state index in [4.69, 9.17) is 4.74 Å². The highest BCUT2D eigenvalue weighted by atomic mass is 16.5. The largest absolute Gasteiger partial charge is 0.466 e. The smallest absolute Gasteiger partial charge is 0.307 e. The summed E-state index contributed by atoms with van der Waals surface area (Å²) >= 11 is 0. The van der Waals surface area contributed by atoms with Crippen LogP contribution in [0.1, 0.15) is 40.5 Å². The Morgan fingerprint density at radius 2 is 1.94 bits per heavy atom. The summed E-state index contributed by atoms with van der Waals surface area (Å²) in [4.78, 5) is 13.6. The number of ether oxygens (including phenoxy) is 1. The number of nitrogens with one attached hydrogen (secondary N) is 1. The van der Waals surface area contributed by atoms with E-state index in [-0.39, 0.29) is 12.0 Å². The van der Waals surface area contributed by atoms with Crippen molar-refractivity contribution < 1.29 is 9.53 Å². The highest BCUT2D eigenvalue weighted by Gasteiger charge is 2.08. The van der Waals surface area contributed by atoms with E-state index in [1.807, 2.05) is 13.8 Å². The first-order chi connectivity index (χ1) is 8.13. The minimum atomic E-state index is -0.115. The lowest BCUT2D eigenvalue weighted by Gasteiger charge is -2.19. The number of rotatable bonds is 10. The second-order valence-electron chi connectivity index (χ2n) is 4.24. The van der Waals surface area contributed by atoms with E-state index in [0.29, 0.717) is 13.0 Å². The van der Waals surface area contributed by atoms with E-state index in [9.17, 15) is 4.79 Å². The molecule has 0 rings (SSSR count). The molecule has 1 atom stereocenters. The van der Waals surface area contributed by atoms with E-state index in [1.54, 1.807) is 0 Å². The summed E-state index contributed by atoms with van der Waals surface area (Å²) in [6, 6.07) is 0.200. The van der Waals surface area contributed by atoms with Crippen molar-refractivity contribution in [3.63, 3.8) is 0 Å². The van der Waals surface area contributed by atoms with Gasteiger partial charge in [0.05, 0.1) is 13.0 Å². The van der Waals surface area contributed by atoms with Crippen LogP contribution in [0.4, 0.5) is 0 Å². The van der Waals surface area contributed by atoms with Crippen molar-refractivity contribution >= 4 is 5.97 Å². The molecule has 0 fully saturated rings. The quantitative estimate of drug-likeness (QED) is 0.469. The zero-order valence-corrected chi connectivity index (χ0v) is 11.8. The Balaban J connectivity index is 3.50. The third kappa shape index (κ3) is 9.12. The Kier molecular flexibility index (Phi) is 10.2. The Morgan fingerprint density at radius 1 is 1.29 bits per heavy atom. The normalized spacial score (nSPS) is 12.8. The first-order valence-electron chi connectivity index (χ1n) is 6.75. The predicted octanol–water partition coefficient (Wildman–Crippen LogP) is 1.65. The van der Waals surface area contributed by atoms with Crippen molar-refractivity contribution in [2.24, 2.45) is 0 Å². The zero-order valence-electron chi connectivity index (χ0n) is 11.8. The molecule has 0 saturated heterocycles. The molecule has 0 aliphatic rings. The minimum absolute atomic E-state index is 0.115. The van der Waals surface area contributed by atoms with Gasteiger partial charge in [-0.2, -0.15) is 0 Å². The molecule has 1 N–H and O–H groups in total. The molecule has 0 saturated carbocycles. The van der Waals surface area contributed by atoms with Gasteiger partial charge in [0.2, 0.25) is 0 Å². The van der Waals surface area contributed by atoms with Crippen molar-refractivity contribution in [3.05, 3.63) is 0 Å². The molecule has 1 unspecified atom stereocenters. The number of nitrogens with zero attached hydrogens (tertiary/aromatic N) is 1. The van der Waals surface area contributed by atoms with Gasteiger partial charge in [-0.1, -0.05) is 13.8 Å². The monoisotopic (exact) mass is 244 g/mol. The number of hydrogen-bond acceptors (Lipinski definition) is 4. The second kappa shape index (κ2) is 10.5. The van der Waals surface area contributed by atoms with Gasteiger partial charge in [-0.25, -0.2) is 0 Å². The second-order valence-corrected chi connectivity index (χ2v) is 4.24. The van der Waals surface area contributed by atoms with Crippen LogP contribution in [-0.2, 0) is 9.53 Å². The van der Waals surface area contributed by atoms with Gasteiger partial charge < -0.3 is 15.0 Å². The molecule has 4 heteroatoms. The van der Waals surface area contributed by atoms with Crippen LogP contribution >= 0.6 is 0 Å². The lowest BCUT2D eigenvalue weighted by Crippen LogP contribution is -2.32. The van der Waals surface area contributed by atoms with Crippen LogP contribution in [0.5, 0.6) is 0 Å². The molecule has 0 bridgehead atoms. The molecule has 0 amide bonds. The molecule has 0 spiro atoms. The van der Waals surface area contributed by atoms with Crippen molar-refractivity contribution in [2.45, 2.75) is 46.6 Å². The van der Waals surface area contributed by atoms with Crippen LogP contribution in [0.2, 0.25) is 0 Å². The first kappa shape index (κ1) is 16.4. The molecule has 0 heterocycles. The van der Waals surface area contributed by atoms with Gasteiger partial charge in [0.1, 0.15) is 0 Å². The number of carbonyl (C=O) groups excluding carboxylic acids is 1. The number of esters is 1. The summed E-state index contributed by atoms with van der Waals surface area (Å²) in [7, 11) is 0. The fourth-order valence-corrected chi connectivity index (χ4v) is 1.73. The van der Waals surface area contributed by atoms with Gasteiger partial charge in [0, 0.05) is 6.04 Å². The minimum Gasteiger partial charge on any atom is -0.466 e. The fraction of sp³-hybridized carbons (Fsp3) is 0.923. The number of hydrogen-bond donors (Lipinski definition) is 1. The van der Waals surface area contributed by atoms with Crippen LogP contribution in [0.15, 0.2) is 0 Å². The van der Waals surface area contributed by atoms with Crippen LogP contribution in [0, 0.1) is 0 Å². The lowest BCUT2D eigenvalue weighted by atomic mass is 10.2. The summed E-state index contributed by atoms with van der Waals surface area (Å²) in [5, 5.41) is 3.35. The van der Waals surface area contributed by atoms with Gasteiger partial charge >= 0.3 is 5.97 Å². The first-order valence-corrected chi connectivity index (χ1v) is 6.75. The summed E-state index contributed by atoms with van der Waals surface area (Å²) in [6.07, 6.45) is 1.58. The van der Waals surface area contributed by atoms with Gasteiger partial charge in [0.25, 0.3) is 0 Å². The van der Waals surface area contributed by atoms with E-state index >= 15 is 0 Å². The maximum absolute atomic E-state index is 11.2. The van der Waals surface area contributed by atoms with E-state index in [2.05, 4.69) is 24.1 Å². The van der Waals surface area contributed by atoms with Crippen molar-refractivity contribution in [3.8, 4) is 0 Å². The summed E-state index contributed by atoms with van der Waals surface area (Å²) < 4.78 is 4.90. The Morgan fingerprint density at radius 3 is 2.47 bits per heavy atom. The molecule has 0 radical (unpaired) electrons. The summed E-state index contributed by atoms with van der Waals surface area (Å²) in [5.41, 5.74) is 0. The Labute approximate surface area is 106 Å². The Hall–Kier alpha value is -0.610. The fourth-order valence-electron chi connectivity index (χ4n) is 1.73. The molecule has 0 aromatic rings. The highest BCUT2D eigenvalue weighted by Crippen LogP contribution is 1.95. The van der Waals surface area contributed by atoms with Gasteiger partial charge in [-0.3, -0.25) is 4.79 Å². The molecule has 4 nitrogen and oxygen atoms in total. The third-order valence-corrected chi connectivity index (χ3v) is 2.82. The Bertz CT molecular complexity index is 194. The topological polar surface area (TPSA) is 41.6 Å². The molecule has 0 aromatic heterocycles. The van der Waals surface area contributed by atoms with Crippen molar-refractivity contribution in [1.29, 1.82) is 0 Å². The maximum atomic E-state index is 11.2. The van der Waals surface area contributed by atoms with E-state index in [1.165, 1.54) is 0 Å². The molecule has 102 valence electrons. The van der Waals surface area contributed by atoms with Crippen LogP contribution < -0.4 is 5.32 Å². The zero-order chi connectivity index (χ0) is 13.1. The average Bonchev–Trinajstić information content (AvgIpc) is 2.29. The molecular formula is C13H28N2O2. The maximum Gasteiger partial charge on any atom is 0.307 e. The third-order valence-electron chi connectivity index (χ3n) is 2.82. The highest BCUT2D eigenvalue weighted by molar-refractivity contribution is 5.69. The average molecular weight is 244 g/mol.